The van der Waals surface area contributed by atoms with E-state index in [1.54, 1.807) is 52.8 Å². The van der Waals surface area contributed by atoms with Gasteiger partial charge in [-0.1, -0.05) is 17.7 Å². The van der Waals surface area contributed by atoms with Crippen molar-refractivity contribution in [1.29, 1.82) is 0 Å². The molecule has 0 unspecified atom stereocenters. The SMILES string of the molecule is Cc1c(C(=O)OC(C)C)sc(NC(=O)c2cccc(Cl)c2)c1C(=O)OC(C)C. The van der Waals surface area contributed by atoms with E-state index in [4.69, 9.17) is 21.1 Å². The molecule has 0 aliphatic heterocycles. The molecule has 0 atom stereocenters. The van der Waals surface area contributed by atoms with Crippen LogP contribution in [-0.2, 0) is 9.47 Å². The van der Waals surface area contributed by atoms with Crippen molar-refractivity contribution < 1.29 is 23.9 Å². The molecule has 1 N–H and O–H groups in total. The molecule has 2 aromatic rings. The van der Waals surface area contributed by atoms with E-state index in [9.17, 15) is 14.4 Å². The second kappa shape index (κ2) is 9.21. The number of amides is 1. The van der Waals surface area contributed by atoms with Crippen LogP contribution in [0.1, 0.15) is 63.6 Å². The number of hydrogen-bond donors (Lipinski definition) is 1. The summed E-state index contributed by atoms with van der Waals surface area (Å²) in [6, 6.07) is 6.41. The number of thiophene rings is 1. The minimum atomic E-state index is -0.617. The second-order valence-corrected chi connectivity index (χ2v) is 8.09. The standard InChI is InChI=1S/C20H22ClNO5S/c1-10(2)26-19(24)15-12(5)16(20(25)27-11(3)4)28-18(15)22-17(23)13-7-6-8-14(21)9-13/h6-11H,1-5H3,(H,22,23). The van der Waals surface area contributed by atoms with E-state index in [2.05, 4.69) is 5.32 Å². The average molecular weight is 424 g/mol. The van der Waals surface area contributed by atoms with Gasteiger partial charge >= 0.3 is 11.9 Å². The summed E-state index contributed by atoms with van der Waals surface area (Å²) in [7, 11) is 0. The predicted molar refractivity (Wildman–Crippen MR) is 110 cm³/mol. The van der Waals surface area contributed by atoms with Gasteiger partial charge in [0.2, 0.25) is 0 Å². The highest BCUT2D eigenvalue weighted by molar-refractivity contribution is 7.18. The Kier molecular flexibility index (Phi) is 7.21. The lowest BCUT2D eigenvalue weighted by molar-refractivity contribution is 0.0378. The molecule has 2 rings (SSSR count). The lowest BCUT2D eigenvalue weighted by atomic mass is 10.1. The number of esters is 2. The van der Waals surface area contributed by atoms with Crippen LogP contribution in [-0.4, -0.2) is 30.1 Å². The van der Waals surface area contributed by atoms with E-state index in [1.807, 2.05) is 0 Å². The zero-order valence-electron chi connectivity index (χ0n) is 16.3. The number of halogens is 1. The Hall–Kier alpha value is -2.38. The quantitative estimate of drug-likeness (QED) is 0.654. The molecule has 6 nitrogen and oxygen atoms in total. The van der Waals surface area contributed by atoms with Crippen LogP contribution in [0.2, 0.25) is 5.02 Å². The molecule has 0 saturated carbocycles. The first kappa shape index (κ1) is 21.9. The summed E-state index contributed by atoms with van der Waals surface area (Å²) in [5.74, 6) is -1.63. The summed E-state index contributed by atoms with van der Waals surface area (Å²) in [4.78, 5) is 37.8. The summed E-state index contributed by atoms with van der Waals surface area (Å²) in [6.45, 7) is 8.53. The van der Waals surface area contributed by atoms with E-state index in [0.29, 0.717) is 16.1 Å². The van der Waals surface area contributed by atoms with Gasteiger partial charge in [0, 0.05) is 10.6 Å². The number of rotatable bonds is 6. The summed E-state index contributed by atoms with van der Waals surface area (Å²) in [5, 5.41) is 3.33. The minimum Gasteiger partial charge on any atom is -0.459 e. The van der Waals surface area contributed by atoms with Crippen molar-refractivity contribution in [1.82, 2.24) is 0 Å². The average Bonchev–Trinajstić information content (AvgIpc) is 2.90. The van der Waals surface area contributed by atoms with Crippen molar-refractivity contribution in [3.63, 3.8) is 0 Å². The van der Waals surface area contributed by atoms with Gasteiger partial charge in [0.25, 0.3) is 5.91 Å². The molecule has 28 heavy (non-hydrogen) atoms. The third-order valence-corrected chi connectivity index (χ3v) is 4.96. The van der Waals surface area contributed by atoms with Crippen LogP contribution in [0.25, 0.3) is 0 Å². The van der Waals surface area contributed by atoms with E-state index in [-0.39, 0.29) is 27.6 Å². The first-order valence-electron chi connectivity index (χ1n) is 8.72. The Bertz CT molecular complexity index is 904. The van der Waals surface area contributed by atoms with Crippen LogP contribution in [0.3, 0.4) is 0 Å². The molecule has 150 valence electrons. The molecule has 8 heteroatoms. The van der Waals surface area contributed by atoms with Gasteiger partial charge in [0.05, 0.1) is 17.8 Å². The van der Waals surface area contributed by atoms with E-state index in [1.165, 1.54) is 6.07 Å². The van der Waals surface area contributed by atoms with Crippen molar-refractivity contribution in [3.05, 3.63) is 50.9 Å². The van der Waals surface area contributed by atoms with Gasteiger partial charge in [-0.05, 0) is 58.4 Å². The van der Waals surface area contributed by atoms with Gasteiger partial charge in [0.15, 0.2) is 0 Å². The van der Waals surface area contributed by atoms with Gasteiger partial charge in [-0.2, -0.15) is 0 Å². The molecule has 0 saturated heterocycles. The zero-order chi connectivity index (χ0) is 21.0. The molecule has 1 aromatic carbocycles. The Balaban J connectivity index is 2.44. The third kappa shape index (κ3) is 5.33. The molecule has 0 fully saturated rings. The molecule has 1 amide bonds. The minimum absolute atomic E-state index is 0.143. The Morgan fingerprint density at radius 2 is 1.64 bits per heavy atom. The number of carbonyl (C=O) groups is 3. The number of benzene rings is 1. The summed E-state index contributed by atoms with van der Waals surface area (Å²) in [6.07, 6.45) is -0.668. The number of carbonyl (C=O) groups excluding carboxylic acids is 3. The summed E-state index contributed by atoms with van der Waals surface area (Å²) < 4.78 is 10.5. The zero-order valence-corrected chi connectivity index (χ0v) is 17.9. The highest BCUT2D eigenvalue weighted by atomic mass is 35.5. The van der Waals surface area contributed by atoms with Crippen LogP contribution < -0.4 is 5.32 Å². The second-order valence-electron chi connectivity index (χ2n) is 6.63. The lowest BCUT2D eigenvalue weighted by Gasteiger charge is -2.10. The van der Waals surface area contributed by atoms with Crippen LogP contribution >= 0.6 is 22.9 Å². The molecule has 1 heterocycles. The number of ether oxygens (including phenoxy) is 2. The fourth-order valence-corrected chi connectivity index (χ4v) is 3.65. The van der Waals surface area contributed by atoms with Gasteiger partial charge in [0.1, 0.15) is 9.88 Å². The molecular formula is C20H22ClNO5S. The Morgan fingerprint density at radius 1 is 1.04 bits per heavy atom. The van der Waals surface area contributed by atoms with Crippen molar-refractivity contribution >= 4 is 45.8 Å². The Labute approximate surface area is 172 Å². The smallest absolute Gasteiger partial charge is 0.348 e. The largest absolute Gasteiger partial charge is 0.459 e. The molecule has 0 radical (unpaired) electrons. The van der Waals surface area contributed by atoms with Crippen molar-refractivity contribution in [2.24, 2.45) is 0 Å². The normalized spacial score (nSPS) is 10.9. The van der Waals surface area contributed by atoms with Crippen molar-refractivity contribution in [3.8, 4) is 0 Å². The lowest BCUT2D eigenvalue weighted by Crippen LogP contribution is -2.17. The number of nitrogens with one attached hydrogen (secondary N) is 1. The van der Waals surface area contributed by atoms with Crippen LogP contribution in [0.4, 0.5) is 5.00 Å². The molecule has 0 spiro atoms. The molecule has 0 aliphatic carbocycles. The van der Waals surface area contributed by atoms with Crippen LogP contribution in [0.15, 0.2) is 24.3 Å². The van der Waals surface area contributed by atoms with Crippen molar-refractivity contribution in [2.45, 2.75) is 46.8 Å². The third-order valence-electron chi connectivity index (χ3n) is 3.54. The van der Waals surface area contributed by atoms with E-state index >= 15 is 0 Å². The summed E-state index contributed by atoms with van der Waals surface area (Å²) >= 11 is 6.92. The number of hydrogen-bond acceptors (Lipinski definition) is 6. The van der Waals surface area contributed by atoms with Crippen molar-refractivity contribution in [2.75, 3.05) is 5.32 Å². The number of anilines is 1. The van der Waals surface area contributed by atoms with Gasteiger partial charge < -0.3 is 14.8 Å². The maximum Gasteiger partial charge on any atom is 0.348 e. The highest BCUT2D eigenvalue weighted by Gasteiger charge is 2.28. The maximum atomic E-state index is 12.6. The topological polar surface area (TPSA) is 81.7 Å². The van der Waals surface area contributed by atoms with Crippen LogP contribution in [0, 0.1) is 6.92 Å². The van der Waals surface area contributed by atoms with Gasteiger partial charge in [-0.15, -0.1) is 11.3 Å². The van der Waals surface area contributed by atoms with E-state index < -0.39 is 17.8 Å². The summed E-state index contributed by atoms with van der Waals surface area (Å²) in [5.41, 5.74) is 0.875. The fourth-order valence-electron chi connectivity index (χ4n) is 2.39. The first-order valence-corrected chi connectivity index (χ1v) is 9.91. The van der Waals surface area contributed by atoms with Gasteiger partial charge in [-0.25, -0.2) is 9.59 Å². The molecule has 0 bridgehead atoms. The fraction of sp³-hybridized carbons (Fsp3) is 0.350. The monoisotopic (exact) mass is 423 g/mol. The maximum absolute atomic E-state index is 12.6. The molecule has 0 aliphatic rings. The highest BCUT2D eigenvalue weighted by Crippen LogP contribution is 2.35. The predicted octanol–water partition coefficient (Wildman–Crippen LogP) is 5.09. The van der Waals surface area contributed by atoms with Gasteiger partial charge in [-0.3, -0.25) is 4.79 Å². The first-order chi connectivity index (χ1) is 13.1. The van der Waals surface area contributed by atoms with Crippen LogP contribution in [0.5, 0.6) is 0 Å². The molecule has 1 aromatic heterocycles. The van der Waals surface area contributed by atoms with E-state index in [0.717, 1.165) is 11.3 Å². The molecular weight excluding hydrogens is 402 g/mol. The Morgan fingerprint density at radius 3 is 2.21 bits per heavy atom.